The molecule has 0 radical (unpaired) electrons. The Kier molecular flexibility index (Phi) is 9.52. The SMILES string of the molecule is CCCCCC12COC(C3CCC(C4CCC(CCc5ccc(-c6cc(F)c(F)c(F)c6)c(F)c5)CC4)CC3)(OC1)OC2. The van der Waals surface area contributed by atoms with Gasteiger partial charge in [0.2, 0.25) is 0 Å². The Morgan fingerprint density at radius 2 is 1.33 bits per heavy atom. The number of hydrogen-bond donors (Lipinski definition) is 0. The fourth-order valence-electron chi connectivity index (χ4n) is 8.25. The Labute approximate surface area is 253 Å². The lowest BCUT2D eigenvalue weighted by atomic mass is 9.68. The van der Waals surface area contributed by atoms with Crippen LogP contribution in [-0.4, -0.2) is 25.8 Å². The van der Waals surface area contributed by atoms with Crippen molar-refractivity contribution >= 4 is 0 Å². The zero-order valence-electron chi connectivity index (χ0n) is 25.5. The summed E-state index contributed by atoms with van der Waals surface area (Å²) >= 11 is 0. The molecule has 3 heterocycles. The molecule has 2 aliphatic carbocycles. The molecule has 0 unspecified atom stereocenters. The van der Waals surface area contributed by atoms with Gasteiger partial charge in [0.25, 0.3) is 5.97 Å². The molecular weight excluding hydrogens is 556 g/mol. The smallest absolute Gasteiger partial charge is 0.285 e. The number of ether oxygens (including phenoxy) is 3. The molecule has 7 rings (SSSR count). The van der Waals surface area contributed by atoms with Gasteiger partial charge in [0.1, 0.15) is 5.82 Å². The summed E-state index contributed by atoms with van der Waals surface area (Å²) in [6.45, 7) is 4.54. The zero-order chi connectivity index (χ0) is 30.0. The van der Waals surface area contributed by atoms with Crippen LogP contribution >= 0.6 is 0 Å². The first-order valence-corrected chi connectivity index (χ1v) is 16.6. The van der Waals surface area contributed by atoms with Gasteiger partial charge in [-0.2, -0.15) is 0 Å². The minimum absolute atomic E-state index is 0.00246. The molecule has 2 aromatic rings. The van der Waals surface area contributed by atoms with Crippen LogP contribution < -0.4 is 0 Å². The van der Waals surface area contributed by atoms with Crippen molar-refractivity contribution in [3.05, 3.63) is 59.2 Å². The molecule has 43 heavy (non-hydrogen) atoms. The van der Waals surface area contributed by atoms with Crippen LogP contribution in [0.4, 0.5) is 17.6 Å². The Morgan fingerprint density at radius 1 is 0.721 bits per heavy atom. The van der Waals surface area contributed by atoms with Crippen LogP contribution in [0.1, 0.15) is 96.0 Å². The van der Waals surface area contributed by atoms with Gasteiger partial charge >= 0.3 is 0 Å². The van der Waals surface area contributed by atoms with E-state index in [2.05, 4.69) is 6.92 Å². The molecule has 5 fully saturated rings. The van der Waals surface area contributed by atoms with E-state index in [0.717, 1.165) is 81.5 Å². The topological polar surface area (TPSA) is 27.7 Å². The van der Waals surface area contributed by atoms with Gasteiger partial charge in [0.05, 0.1) is 19.8 Å². The quantitative estimate of drug-likeness (QED) is 0.154. The third kappa shape index (κ3) is 6.69. The second kappa shape index (κ2) is 13.2. The Bertz CT molecular complexity index is 1200. The minimum atomic E-state index is -1.54. The third-order valence-corrected chi connectivity index (χ3v) is 11.0. The fraction of sp³-hybridized carbons (Fsp3) is 0.667. The average molecular weight is 603 g/mol. The standard InChI is InChI=1S/C36H46F4O3/c1-2-3-4-17-35-21-41-36(42-22-35,43-23-35)29-14-12-27(13-15-29)26-10-7-24(8-11-26)5-6-25-9-16-30(31(37)18-25)28-19-32(38)34(40)33(39)20-28/h9,16,18-20,24,26-27,29H,2-8,10-15,17,21-23H2,1H3. The molecule has 0 spiro atoms. The molecule has 2 saturated carbocycles. The van der Waals surface area contributed by atoms with E-state index in [1.165, 1.54) is 69.9 Å². The second-order valence-corrected chi connectivity index (χ2v) is 13.9. The predicted molar refractivity (Wildman–Crippen MR) is 158 cm³/mol. The summed E-state index contributed by atoms with van der Waals surface area (Å²) in [5, 5.41) is 0. The highest BCUT2D eigenvalue weighted by atomic mass is 19.2. The Morgan fingerprint density at radius 3 is 1.91 bits per heavy atom. The first-order chi connectivity index (χ1) is 20.8. The van der Waals surface area contributed by atoms with Crippen molar-refractivity contribution in [1.82, 2.24) is 0 Å². The Hall–Kier alpha value is -1.96. The van der Waals surface area contributed by atoms with Crippen LogP contribution in [0.2, 0.25) is 0 Å². The largest absolute Gasteiger partial charge is 0.326 e. The molecule has 2 bridgehead atoms. The second-order valence-electron chi connectivity index (χ2n) is 13.9. The number of halogens is 4. The van der Waals surface area contributed by atoms with E-state index in [1.54, 1.807) is 0 Å². The van der Waals surface area contributed by atoms with Crippen molar-refractivity contribution in [3.8, 4) is 11.1 Å². The normalized spacial score (nSPS) is 32.7. The van der Waals surface area contributed by atoms with Gasteiger partial charge in [-0.15, -0.1) is 0 Å². The van der Waals surface area contributed by atoms with E-state index in [1.807, 2.05) is 6.07 Å². The molecule has 0 amide bonds. The fourth-order valence-corrected chi connectivity index (χ4v) is 8.25. The summed E-state index contributed by atoms with van der Waals surface area (Å²) in [7, 11) is 0. The molecule has 3 saturated heterocycles. The summed E-state index contributed by atoms with van der Waals surface area (Å²) in [4.78, 5) is 0. The van der Waals surface area contributed by atoms with Crippen molar-refractivity contribution in [2.75, 3.05) is 19.8 Å². The number of aryl methyl sites for hydroxylation is 1. The molecule has 0 atom stereocenters. The molecule has 0 N–H and O–H groups in total. The summed E-state index contributed by atoms with van der Waals surface area (Å²) < 4.78 is 74.4. The number of hydrogen-bond acceptors (Lipinski definition) is 3. The maximum absolute atomic E-state index is 14.8. The van der Waals surface area contributed by atoms with Crippen LogP contribution in [0.5, 0.6) is 0 Å². The molecular formula is C36H46F4O3. The van der Waals surface area contributed by atoms with E-state index in [4.69, 9.17) is 14.2 Å². The summed E-state index contributed by atoms with van der Waals surface area (Å²) in [5.41, 5.74) is 0.996. The number of benzene rings is 2. The maximum Gasteiger partial charge on any atom is 0.285 e. The van der Waals surface area contributed by atoms with Crippen molar-refractivity contribution in [1.29, 1.82) is 0 Å². The monoisotopic (exact) mass is 602 g/mol. The number of rotatable bonds is 10. The van der Waals surface area contributed by atoms with Gasteiger partial charge in [-0.1, -0.05) is 51.2 Å². The summed E-state index contributed by atoms with van der Waals surface area (Å²) in [6, 6.07) is 6.46. The van der Waals surface area contributed by atoms with E-state index in [9.17, 15) is 17.6 Å². The van der Waals surface area contributed by atoms with E-state index < -0.39 is 29.2 Å². The minimum Gasteiger partial charge on any atom is -0.326 e. The van der Waals surface area contributed by atoms with Crippen molar-refractivity contribution in [3.63, 3.8) is 0 Å². The number of unbranched alkanes of at least 4 members (excludes halogenated alkanes) is 2. The van der Waals surface area contributed by atoms with E-state index in [0.29, 0.717) is 11.8 Å². The molecule has 0 aromatic heterocycles. The summed E-state index contributed by atoms with van der Waals surface area (Å²) in [5.74, 6) is -3.05. The van der Waals surface area contributed by atoms with Crippen LogP contribution in [0, 0.1) is 52.4 Å². The lowest BCUT2D eigenvalue weighted by Gasteiger charge is -2.55. The molecule has 2 aromatic carbocycles. The van der Waals surface area contributed by atoms with Gasteiger partial charge in [0.15, 0.2) is 17.5 Å². The van der Waals surface area contributed by atoms with Crippen molar-refractivity contribution in [2.24, 2.45) is 29.1 Å². The molecule has 3 nitrogen and oxygen atoms in total. The van der Waals surface area contributed by atoms with Crippen LogP contribution in [-0.2, 0) is 20.6 Å². The lowest BCUT2D eigenvalue weighted by molar-refractivity contribution is -0.488. The predicted octanol–water partition coefficient (Wildman–Crippen LogP) is 9.75. The van der Waals surface area contributed by atoms with E-state index in [-0.39, 0.29) is 16.5 Å². The van der Waals surface area contributed by atoms with E-state index >= 15 is 0 Å². The van der Waals surface area contributed by atoms with Gasteiger partial charge in [-0.3, -0.25) is 0 Å². The van der Waals surface area contributed by atoms with Crippen LogP contribution in [0.25, 0.3) is 11.1 Å². The third-order valence-electron chi connectivity index (χ3n) is 11.0. The van der Waals surface area contributed by atoms with Crippen molar-refractivity contribution in [2.45, 2.75) is 103 Å². The Balaban J connectivity index is 0.933. The van der Waals surface area contributed by atoms with Gasteiger partial charge in [-0.05, 0) is 105 Å². The molecule has 236 valence electrons. The van der Waals surface area contributed by atoms with Crippen LogP contribution in [0.3, 0.4) is 0 Å². The highest BCUT2D eigenvalue weighted by molar-refractivity contribution is 5.64. The number of fused-ring (bicyclic) bond motifs is 3. The lowest BCUT2D eigenvalue weighted by Crippen LogP contribution is -2.63. The molecule has 5 aliphatic rings. The average Bonchev–Trinajstić information content (AvgIpc) is 3.04. The highest BCUT2D eigenvalue weighted by Gasteiger charge is 2.56. The first kappa shape index (κ1) is 31.0. The molecule has 3 aliphatic heterocycles. The highest BCUT2D eigenvalue weighted by Crippen LogP contribution is 2.51. The van der Waals surface area contributed by atoms with Crippen LogP contribution in [0.15, 0.2) is 30.3 Å². The maximum atomic E-state index is 14.8. The van der Waals surface area contributed by atoms with Gasteiger partial charge in [0, 0.05) is 16.9 Å². The first-order valence-electron chi connectivity index (χ1n) is 16.6. The van der Waals surface area contributed by atoms with Crippen molar-refractivity contribution < 1.29 is 31.8 Å². The molecule has 7 heteroatoms. The summed E-state index contributed by atoms with van der Waals surface area (Å²) in [6.07, 6.45) is 16.1. The van der Waals surface area contributed by atoms with Gasteiger partial charge in [-0.25, -0.2) is 17.6 Å². The van der Waals surface area contributed by atoms with Gasteiger partial charge < -0.3 is 14.2 Å². The zero-order valence-corrected chi connectivity index (χ0v) is 25.5.